The number of hydrogen-bond donors (Lipinski definition) is 0. The van der Waals surface area contributed by atoms with Gasteiger partial charge in [0.05, 0.1) is 25.0 Å². The average molecular weight is 692 g/mol. The van der Waals surface area contributed by atoms with E-state index in [0.29, 0.717) is 20.9 Å². The predicted molar refractivity (Wildman–Crippen MR) is 168 cm³/mol. The van der Waals surface area contributed by atoms with Gasteiger partial charge in [0, 0.05) is 17.8 Å². The number of halogens is 6. The molecule has 0 atom stereocenters. The summed E-state index contributed by atoms with van der Waals surface area (Å²) in [7, 11) is -5.51. The molecule has 0 spiro atoms. The van der Waals surface area contributed by atoms with Crippen LogP contribution in [0.1, 0.15) is 61.8 Å². The summed E-state index contributed by atoms with van der Waals surface area (Å²) in [6.45, 7) is 4.49. The van der Waals surface area contributed by atoms with E-state index < -0.39 is 63.0 Å². The lowest BCUT2D eigenvalue weighted by molar-refractivity contribution is -0.119. The van der Waals surface area contributed by atoms with Crippen molar-refractivity contribution in [1.82, 2.24) is 9.29 Å². The number of carbonyl (C=O) groups excluding carboxylic acids is 1. The summed E-state index contributed by atoms with van der Waals surface area (Å²) in [5.74, 6) is -12.9. The van der Waals surface area contributed by atoms with E-state index in [2.05, 4.69) is 31.8 Å². The normalized spacial score (nSPS) is 13.7. The van der Waals surface area contributed by atoms with Crippen molar-refractivity contribution >= 4 is 33.2 Å². The third-order valence-electron chi connectivity index (χ3n) is 7.88. The molecule has 13 heteroatoms. The monoisotopic (exact) mass is 691 g/mol. The van der Waals surface area contributed by atoms with Gasteiger partial charge in [-0.3, -0.25) is 9.78 Å². The number of nitrogens with zero attached hydrogens (tertiary/aromatic N) is 3. The Balaban J connectivity index is 1.58. The molecular formula is C34H31ClF5N3O3S. The number of amides is 1. The SMILES string of the molecule is CC(C)(C)c1cc(CN(C(=O)CN(Cc2ccc(Cl)cc2)S(=O)(=O)c2c(F)c(F)c(F)c(F)c2F)c2cccnc2)cc(C2CC2)c1. The summed E-state index contributed by atoms with van der Waals surface area (Å²) >= 11 is 5.95. The van der Waals surface area contributed by atoms with Crippen LogP contribution in [0, 0.1) is 29.1 Å². The molecule has 248 valence electrons. The molecule has 1 amide bonds. The van der Waals surface area contributed by atoms with E-state index in [4.69, 9.17) is 11.6 Å². The molecule has 1 heterocycles. The smallest absolute Gasteiger partial charge is 0.249 e. The third-order valence-corrected chi connectivity index (χ3v) is 9.94. The minimum atomic E-state index is -5.51. The summed E-state index contributed by atoms with van der Waals surface area (Å²) in [6.07, 6.45) is 4.95. The maximum Gasteiger partial charge on any atom is 0.249 e. The van der Waals surface area contributed by atoms with Crippen molar-refractivity contribution < 1.29 is 35.2 Å². The van der Waals surface area contributed by atoms with Gasteiger partial charge in [-0.25, -0.2) is 30.4 Å². The van der Waals surface area contributed by atoms with Gasteiger partial charge >= 0.3 is 0 Å². The van der Waals surface area contributed by atoms with Crippen LogP contribution in [0.3, 0.4) is 0 Å². The Hall–Kier alpha value is -3.87. The maximum atomic E-state index is 14.9. The first-order valence-corrected chi connectivity index (χ1v) is 16.5. The molecule has 3 aromatic carbocycles. The molecule has 1 aromatic heterocycles. The lowest BCUT2D eigenvalue weighted by atomic mass is 9.84. The highest BCUT2D eigenvalue weighted by Gasteiger charge is 2.39. The van der Waals surface area contributed by atoms with Gasteiger partial charge in [0.1, 0.15) is 0 Å². The van der Waals surface area contributed by atoms with E-state index >= 15 is 0 Å². The van der Waals surface area contributed by atoms with Crippen molar-refractivity contribution in [2.75, 3.05) is 11.4 Å². The number of benzene rings is 3. The van der Waals surface area contributed by atoms with Gasteiger partial charge in [0.25, 0.3) is 0 Å². The van der Waals surface area contributed by atoms with Crippen molar-refractivity contribution in [3.63, 3.8) is 0 Å². The Morgan fingerprint density at radius 1 is 0.872 bits per heavy atom. The number of rotatable bonds is 10. The number of anilines is 1. The van der Waals surface area contributed by atoms with Gasteiger partial charge in [0.15, 0.2) is 28.2 Å². The second-order valence-corrected chi connectivity index (χ2v) is 14.8. The van der Waals surface area contributed by atoms with Crippen LogP contribution in [0.4, 0.5) is 27.6 Å². The summed E-state index contributed by atoms with van der Waals surface area (Å²) in [4.78, 5) is 17.4. The van der Waals surface area contributed by atoms with E-state index in [9.17, 15) is 35.2 Å². The van der Waals surface area contributed by atoms with E-state index in [1.807, 2.05) is 12.1 Å². The first-order valence-electron chi connectivity index (χ1n) is 14.7. The van der Waals surface area contributed by atoms with E-state index in [-0.39, 0.29) is 17.5 Å². The standard InChI is InChI=1S/C34H31ClF5N3O3S/c1-34(2,3)24-14-21(13-23(15-24)22-8-9-22)18-43(26-5-4-12-41-16-26)27(44)19-42(17-20-6-10-25(35)11-7-20)47(45,46)33-31(39)29(37)28(36)30(38)32(33)40/h4-7,10-16,22H,8-9,17-19H2,1-3H3. The molecule has 5 rings (SSSR count). The molecule has 0 bridgehead atoms. The molecule has 1 aliphatic carbocycles. The second-order valence-electron chi connectivity index (χ2n) is 12.5. The zero-order valence-corrected chi connectivity index (χ0v) is 27.3. The van der Waals surface area contributed by atoms with Gasteiger partial charge in [-0.05, 0) is 70.7 Å². The Kier molecular flexibility index (Phi) is 9.77. The van der Waals surface area contributed by atoms with E-state index in [1.54, 1.807) is 12.1 Å². The van der Waals surface area contributed by atoms with Crippen LogP contribution in [-0.4, -0.2) is 30.2 Å². The largest absolute Gasteiger partial charge is 0.305 e. The number of carbonyl (C=O) groups is 1. The molecular weight excluding hydrogens is 661 g/mol. The van der Waals surface area contributed by atoms with Crippen molar-refractivity contribution in [3.05, 3.63) is 123 Å². The lowest BCUT2D eigenvalue weighted by Crippen LogP contribution is -2.43. The molecule has 6 nitrogen and oxygen atoms in total. The molecule has 0 radical (unpaired) electrons. The zero-order chi connectivity index (χ0) is 34.3. The molecule has 0 saturated heterocycles. The van der Waals surface area contributed by atoms with Crippen molar-refractivity contribution in [2.45, 2.75) is 62.9 Å². The Morgan fingerprint density at radius 3 is 2.04 bits per heavy atom. The van der Waals surface area contributed by atoms with Crippen LogP contribution in [0.15, 0.2) is 71.9 Å². The van der Waals surface area contributed by atoms with Crippen LogP contribution in [0.5, 0.6) is 0 Å². The van der Waals surface area contributed by atoms with Crippen molar-refractivity contribution in [1.29, 1.82) is 0 Å². The minimum Gasteiger partial charge on any atom is -0.305 e. The zero-order valence-electron chi connectivity index (χ0n) is 25.7. The van der Waals surface area contributed by atoms with Crippen LogP contribution in [0.25, 0.3) is 0 Å². The van der Waals surface area contributed by atoms with E-state index in [1.165, 1.54) is 41.6 Å². The fourth-order valence-corrected chi connectivity index (χ4v) is 6.73. The van der Waals surface area contributed by atoms with Crippen molar-refractivity contribution in [3.8, 4) is 0 Å². The minimum absolute atomic E-state index is 0.0223. The van der Waals surface area contributed by atoms with Gasteiger partial charge in [0.2, 0.25) is 21.7 Å². The highest BCUT2D eigenvalue weighted by Crippen LogP contribution is 2.42. The quantitative estimate of drug-likeness (QED) is 0.0960. The van der Waals surface area contributed by atoms with Crippen LogP contribution >= 0.6 is 11.6 Å². The number of hydrogen-bond acceptors (Lipinski definition) is 4. The second kappa shape index (κ2) is 13.3. The Bertz CT molecular complexity index is 1890. The first-order chi connectivity index (χ1) is 22.1. The van der Waals surface area contributed by atoms with Gasteiger partial charge < -0.3 is 4.90 Å². The highest BCUT2D eigenvalue weighted by atomic mass is 35.5. The first kappa shape index (κ1) is 34.5. The molecule has 1 saturated carbocycles. The van der Waals surface area contributed by atoms with Crippen molar-refractivity contribution in [2.24, 2.45) is 0 Å². The van der Waals surface area contributed by atoms with Crippen LogP contribution in [0.2, 0.25) is 5.02 Å². The van der Waals surface area contributed by atoms with Crippen LogP contribution < -0.4 is 4.90 Å². The number of pyridine rings is 1. The molecule has 0 N–H and O–H groups in total. The number of sulfonamides is 1. The topological polar surface area (TPSA) is 70.6 Å². The fourth-order valence-electron chi connectivity index (χ4n) is 5.11. The van der Waals surface area contributed by atoms with Gasteiger partial charge in [-0.2, -0.15) is 4.31 Å². The lowest BCUT2D eigenvalue weighted by Gasteiger charge is -2.28. The summed E-state index contributed by atoms with van der Waals surface area (Å²) in [5.41, 5.74) is 3.21. The molecule has 47 heavy (non-hydrogen) atoms. The van der Waals surface area contributed by atoms with E-state index in [0.717, 1.165) is 29.5 Å². The van der Waals surface area contributed by atoms with Crippen LogP contribution in [-0.2, 0) is 33.3 Å². The molecule has 0 unspecified atom stereocenters. The summed E-state index contributed by atoms with van der Waals surface area (Å²) in [6, 6.07) is 14.9. The summed E-state index contributed by atoms with van der Waals surface area (Å²) < 4.78 is 99.9. The highest BCUT2D eigenvalue weighted by molar-refractivity contribution is 7.89. The predicted octanol–water partition coefficient (Wildman–Crippen LogP) is 8.03. The molecule has 1 fully saturated rings. The summed E-state index contributed by atoms with van der Waals surface area (Å²) in [5, 5.41) is 0.296. The average Bonchev–Trinajstić information content (AvgIpc) is 3.88. The van der Waals surface area contributed by atoms with Gasteiger partial charge in [-0.15, -0.1) is 0 Å². The van der Waals surface area contributed by atoms with Gasteiger partial charge in [-0.1, -0.05) is 62.7 Å². The maximum absolute atomic E-state index is 14.9. The molecule has 4 aromatic rings. The molecule has 0 aliphatic heterocycles. The Morgan fingerprint density at radius 2 is 1.49 bits per heavy atom. The molecule has 1 aliphatic rings. The third kappa shape index (κ3) is 7.50. The fraction of sp³-hybridized carbons (Fsp3) is 0.294. The Labute approximate surface area is 274 Å². The number of aromatic nitrogens is 1.